The molecule has 0 aliphatic heterocycles. The first-order valence-electron chi connectivity index (χ1n) is 9.65. The van der Waals surface area contributed by atoms with E-state index in [0.29, 0.717) is 12.5 Å². The third kappa shape index (κ3) is 3.54. The van der Waals surface area contributed by atoms with Crippen LogP contribution in [-0.2, 0) is 12.8 Å². The molecule has 0 radical (unpaired) electrons. The van der Waals surface area contributed by atoms with Crippen molar-refractivity contribution in [3.63, 3.8) is 0 Å². The molecule has 0 amide bonds. The molecule has 3 rings (SSSR count). The molecule has 0 saturated carbocycles. The second kappa shape index (κ2) is 8.05. The van der Waals surface area contributed by atoms with E-state index in [-0.39, 0.29) is 12.6 Å². The molecule has 6 nitrogen and oxygen atoms in total. The molecule has 0 aliphatic carbocycles. The number of nitrogens with zero attached hydrogens (tertiary/aromatic N) is 4. The number of fused-ring (bicyclic) bond motifs is 1. The Bertz CT molecular complexity index is 949. The van der Waals surface area contributed by atoms with Crippen LogP contribution in [-0.4, -0.2) is 37.8 Å². The van der Waals surface area contributed by atoms with Gasteiger partial charge in [0.25, 0.3) is 0 Å². The number of aliphatic hydroxyl groups excluding tert-OH is 1. The molecule has 27 heavy (non-hydrogen) atoms. The fourth-order valence-corrected chi connectivity index (χ4v) is 3.32. The zero-order chi connectivity index (χ0) is 19.6. The van der Waals surface area contributed by atoms with Crippen molar-refractivity contribution in [1.29, 1.82) is 0 Å². The Kier molecular flexibility index (Phi) is 5.75. The Labute approximate surface area is 160 Å². The molecule has 3 heterocycles. The van der Waals surface area contributed by atoms with E-state index >= 15 is 0 Å². The Balaban J connectivity index is 2.21. The highest BCUT2D eigenvalue weighted by atomic mass is 16.5. The van der Waals surface area contributed by atoms with E-state index in [1.807, 2.05) is 43.7 Å². The van der Waals surface area contributed by atoms with Crippen molar-refractivity contribution >= 4 is 11.2 Å². The van der Waals surface area contributed by atoms with Crippen molar-refractivity contribution < 1.29 is 9.84 Å². The van der Waals surface area contributed by atoms with E-state index in [1.54, 1.807) is 0 Å². The number of rotatable bonds is 7. The van der Waals surface area contributed by atoms with Crippen molar-refractivity contribution in [2.45, 2.75) is 53.5 Å². The van der Waals surface area contributed by atoms with Gasteiger partial charge in [-0.05, 0) is 45.2 Å². The van der Waals surface area contributed by atoms with E-state index < -0.39 is 0 Å². The molecule has 1 atom stereocenters. The van der Waals surface area contributed by atoms with Gasteiger partial charge in [-0.25, -0.2) is 15.0 Å². The van der Waals surface area contributed by atoms with Crippen LogP contribution in [0.3, 0.4) is 0 Å². The molecular formula is C21H28N4O2. The monoisotopic (exact) mass is 368 g/mol. The highest BCUT2D eigenvalue weighted by molar-refractivity contribution is 5.80. The highest BCUT2D eigenvalue weighted by Crippen LogP contribution is 2.30. The van der Waals surface area contributed by atoms with Gasteiger partial charge in [0.2, 0.25) is 5.88 Å². The fraction of sp³-hybridized carbons (Fsp3) is 0.476. The van der Waals surface area contributed by atoms with Gasteiger partial charge in [0, 0.05) is 17.8 Å². The zero-order valence-corrected chi connectivity index (χ0v) is 16.8. The van der Waals surface area contributed by atoms with Crippen molar-refractivity contribution in [1.82, 2.24) is 19.5 Å². The van der Waals surface area contributed by atoms with Crippen LogP contribution >= 0.6 is 0 Å². The number of aliphatic hydroxyl groups is 1. The van der Waals surface area contributed by atoms with Gasteiger partial charge in [-0.1, -0.05) is 13.8 Å². The second-order valence-electron chi connectivity index (χ2n) is 6.73. The maximum atomic E-state index is 9.56. The Morgan fingerprint density at radius 2 is 1.81 bits per heavy atom. The van der Waals surface area contributed by atoms with Crippen molar-refractivity contribution in [2.75, 3.05) is 13.2 Å². The number of aryl methyl sites for hydroxylation is 3. The Morgan fingerprint density at radius 3 is 2.44 bits per heavy atom. The van der Waals surface area contributed by atoms with Gasteiger partial charge in [0.05, 0.1) is 36.3 Å². The van der Waals surface area contributed by atoms with Crippen LogP contribution in [0.2, 0.25) is 0 Å². The molecular weight excluding hydrogens is 340 g/mol. The predicted octanol–water partition coefficient (Wildman–Crippen LogP) is 3.88. The average molecular weight is 368 g/mol. The maximum absolute atomic E-state index is 9.56. The first-order chi connectivity index (χ1) is 13.0. The SMILES string of the molecule is CCOc1ccc(-c2nc3c(C)cn(C(C)CO)c3nc2CC)c(CC)n1. The number of ether oxygens (including phenoxy) is 1. The summed E-state index contributed by atoms with van der Waals surface area (Å²) < 4.78 is 7.56. The molecule has 0 fully saturated rings. The van der Waals surface area contributed by atoms with Crippen molar-refractivity contribution in [2.24, 2.45) is 0 Å². The normalized spacial score (nSPS) is 12.5. The highest BCUT2D eigenvalue weighted by Gasteiger charge is 2.19. The van der Waals surface area contributed by atoms with Crippen LogP contribution in [0, 0.1) is 6.92 Å². The second-order valence-corrected chi connectivity index (χ2v) is 6.73. The quantitative estimate of drug-likeness (QED) is 0.685. The van der Waals surface area contributed by atoms with Gasteiger partial charge in [0.15, 0.2) is 5.65 Å². The zero-order valence-electron chi connectivity index (χ0n) is 16.8. The summed E-state index contributed by atoms with van der Waals surface area (Å²) in [6.07, 6.45) is 3.58. The number of hydrogen-bond acceptors (Lipinski definition) is 5. The van der Waals surface area contributed by atoms with Gasteiger partial charge in [-0.2, -0.15) is 0 Å². The lowest BCUT2D eigenvalue weighted by atomic mass is 10.0. The van der Waals surface area contributed by atoms with E-state index in [4.69, 9.17) is 14.7 Å². The van der Waals surface area contributed by atoms with Gasteiger partial charge in [-0.15, -0.1) is 0 Å². The summed E-state index contributed by atoms with van der Waals surface area (Å²) in [6.45, 7) is 10.8. The molecule has 0 spiro atoms. The van der Waals surface area contributed by atoms with Crippen LogP contribution in [0.15, 0.2) is 18.3 Å². The first-order valence-corrected chi connectivity index (χ1v) is 9.65. The summed E-state index contributed by atoms with van der Waals surface area (Å²) >= 11 is 0. The molecule has 0 bridgehead atoms. The van der Waals surface area contributed by atoms with Crippen molar-refractivity contribution in [3.8, 4) is 17.1 Å². The topological polar surface area (TPSA) is 73.1 Å². The van der Waals surface area contributed by atoms with Crippen LogP contribution in [0.25, 0.3) is 22.4 Å². The lowest BCUT2D eigenvalue weighted by Gasteiger charge is -2.14. The minimum absolute atomic E-state index is 0.0376. The molecule has 3 aromatic rings. The summed E-state index contributed by atoms with van der Waals surface area (Å²) in [7, 11) is 0. The molecule has 1 N–H and O–H groups in total. The van der Waals surface area contributed by atoms with Crippen LogP contribution in [0.4, 0.5) is 0 Å². The molecule has 3 aromatic heterocycles. The van der Waals surface area contributed by atoms with Crippen LogP contribution < -0.4 is 4.74 Å². The molecule has 6 heteroatoms. The minimum Gasteiger partial charge on any atom is -0.478 e. The summed E-state index contributed by atoms with van der Waals surface area (Å²) in [5, 5.41) is 9.56. The van der Waals surface area contributed by atoms with E-state index in [0.717, 1.165) is 52.2 Å². The van der Waals surface area contributed by atoms with Crippen LogP contribution in [0.5, 0.6) is 5.88 Å². The van der Waals surface area contributed by atoms with Crippen molar-refractivity contribution in [3.05, 3.63) is 35.3 Å². The first kappa shape index (κ1) is 19.3. The van der Waals surface area contributed by atoms with Gasteiger partial charge >= 0.3 is 0 Å². The summed E-state index contributed by atoms with van der Waals surface area (Å²) in [5.74, 6) is 0.643. The number of pyridine rings is 1. The van der Waals surface area contributed by atoms with E-state index in [2.05, 4.69) is 18.8 Å². The predicted molar refractivity (Wildman–Crippen MR) is 107 cm³/mol. The summed E-state index contributed by atoms with van der Waals surface area (Å²) in [5.41, 5.74) is 6.55. The molecule has 0 aromatic carbocycles. The fourth-order valence-electron chi connectivity index (χ4n) is 3.32. The number of hydrogen-bond donors (Lipinski definition) is 1. The Hall–Kier alpha value is -2.47. The maximum Gasteiger partial charge on any atom is 0.213 e. The lowest BCUT2D eigenvalue weighted by Crippen LogP contribution is -2.10. The molecule has 0 aliphatic rings. The smallest absolute Gasteiger partial charge is 0.213 e. The van der Waals surface area contributed by atoms with E-state index in [1.165, 1.54) is 0 Å². The standard InChI is InChI=1S/C21H28N4O2/c1-6-16-15(9-10-18(22-16)27-8-3)20-17(7-2)23-21-19(24-20)13(4)11-25(21)14(5)12-26/h9-11,14,26H,6-8,12H2,1-5H3. The molecule has 0 saturated heterocycles. The third-order valence-electron chi connectivity index (χ3n) is 4.81. The average Bonchev–Trinajstić information content (AvgIpc) is 3.02. The van der Waals surface area contributed by atoms with Gasteiger partial charge < -0.3 is 14.4 Å². The Morgan fingerprint density at radius 1 is 1.07 bits per heavy atom. The summed E-state index contributed by atoms with van der Waals surface area (Å²) in [6, 6.07) is 3.90. The lowest BCUT2D eigenvalue weighted by molar-refractivity contribution is 0.241. The summed E-state index contributed by atoms with van der Waals surface area (Å²) in [4.78, 5) is 14.6. The van der Waals surface area contributed by atoms with Crippen LogP contribution in [0.1, 0.15) is 50.7 Å². The third-order valence-corrected chi connectivity index (χ3v) is 4.81. The largest absolute Gasteiger partial charge is 0.478 e. The molecule has 144 valence electrons. The van der Waals surface area contributed by atoms with E-state index in [9.17, 15) is 5.11 Å². The number of aromatic nitrogens is 4. The van der Waals surface area contributed by atoms with Gasteiger partial charge in [0.1, 0.15) is 5.52 Å². The minimum atomic E-state index is -0.0376. The molecule has 1 unspecified atom stereocenters. The van der Waals surface area contributed by atoms with Gasteiger partial charge in [-0.3, -0.25) is 0 Å².